The van der Waals surface area contributed by atoms with Crippen LogP contribution in [0.25, 0.3) is 97.9 Å². The van der Waals surface area contributed by atoms with Crippen molar-refractivity contribution in [2.24, 2.45) is 0 Å². The molecule has 0 aliphatic heterocycles. The molecule has 0 amide bonds. The van der Waals surface area contributed by atoms with Gasteiger partial charge in [-0.25, -0.2) is 9.97 Å². The van der Waals surface area contributed by atoms with Gasteiger partial charge in [0.25, 0.3) is 0 Å². The molecule has 0 fully saturated rings. The van der Waals surface area contributed by atoms with Crippen molar-refractivity contribution in [3.63, 3.8) is 0 Å². The van der Waals surface area contributed by atoms with Gasteiger partial charge in [-0.2, -0.15) is 0 Å². The maximum Gasteiger partial charge on any atom is 0.204 e. The first-order valence-electron chi connectivity index (χ1n) is 22.7. The SMILES string of the molecule is COc1c(OC)c2c3cc(C(C)(C)C)ccc3c3c(-c4ccc(C(C)(C)C)cc4)c(-c4ccc(C(C)(C)C)cc4)c4c5ccc(C(C)(C)C)cc5c5ncnc6c(c1OC)c2c3c4c56. The van der Waals surface area contributed by atoms with Crippen molar-refractivity contribution in [1.29, 1.82) is 0 Å². The van der Waals surface area contributed by atoms with Gasteiger partial charge in [-0.1, -0.05) is 156 Å². The standard InChI is InChI=1S/C59H60N2O3/c1-56(2,3)33-20-16-31(17-21-33)41-42(32-18-22-34(23-19-32)57(4,5)6)44-38-27-25-36(59(10,11)12)29-40(38)51-49-47(44)46-43(41)37-26-24-35(58(7,8)9)28-39(37)45-48(46)50(52(49)61-30-60-51)54(63-14)55(64-15)53(45)62-13/h16-30H,1-15H3. The maximum absolute atomic E-state index is 6.50. The fourth-order valence-corrected chi connectivity index (χ4v) is 10.5. The smallest absolute Gasteiger partial charge is 0.204 e. The Morgan fingerprint density at radius 3 is 1.16 bits per heavy atom. The second-order valence-corrected chi connectivity index (χ2v) is 22.1. The van der Waals surface area contributed by atoms with Crippen LogP contribution in [0.3, 0.4) is 0 Å². The van der Waals surface area contributed by atoms with E-state index >= 15 is 0 Å². The largest absolute Gasteiger partial charge is 0.492 e. The van der Waals surface area contributed by atoms with Crippen LogP contribution in [0, 0.1) is 0 Å². The predicted octanol–water partition coefficient (Wildman–Crippen LogP) is 16.0. The van der Waals surface area contributed by atoms with Gasteiger partial charge in [-0.15, -0.1) is 0 Å². The van der Waals surface area contributed by atoms with Gasteiger partial charge in [0.05, 0.1) is 37.7 Å². The summed E-state index contributed by atoms with van der Waals surface area (Å²) in [5.74, 6) is 1.79. The number of aromatic nitrogens is 2. The zero-order valence-corrected chi connectivity index (χ0v) is 40.3. The van der Waals surface area contributed by atoms with Gasteiger partial charge in [-0.3, -0.25) is 0 Å². The van der Waals surface area contributed by atoms with Crippen LogP contribution in [0.5, 0.6) is 17.2 Å². The van der Waals surface area contributed by atoms with Crippen molar-refractivity contribution < 1.29 is 14.2 Å². The fraction of sp³-hybridized carbons (Fsp3) is 0.322. The van der Waals surface area contributed by atoms with E-state index in [1.807, 2.05) is 0 Å². The first kappa shape index (κ1) is 41.8. The van der Waals surface area contributed by atoms with Crippen molar-refractivity contribution in [2.75, 3.05) is 21.3 Å². The quantitative estimate of drug-likeness (QED) is 0.128. The van der Waals surface area contributed by atoms with Crippen LogP contribution < -0.4 is 14.2 Å². The van der Waals surface area contributed by atoms with Gasteiger partial charge in [-0.05, 0) is 105 Å². The monoisotopic (exact) mass is 844 g/mol. The van der Waals surface area contributed by atoms with Crippen molar-refractivity contribution in [1.82, 2.24) is 9.97 Å². The van der Waals surface area contributed by atoms with E-state index in [-0.39, 0.29) is 21.7 Å². The van der Waals surface area contributed by atoms with E-state index in [1.54, 1.807) is 27.7 Å². The molecular weight excluding hydrogens is 785 g/mol. The zero-order valence-electron chi connectivity index (χ0n) is 40.3. The Labute approximate surface area is 377 Å². The van der Waals surface area contributed by atoms with Crippen LogP contribution in [0.15, 0.2) is 91.3 Å². The minimum Gasteiger partial charge on any atom is -0.492 e. The molecular formula is C59H60N2O3. The third-order valence-corrected chi connectivity index (χ3v) is 14.0. The van der Waals surface area contributed by atoms with Gasteiger partial charge in [0.1, 0.15) is 6.33 Å². The Bertz CT molecular complexity index is 3500. The van der Waals surface area contributed by atoms with E-state index in [2.05, 4.69) is 168 Å². The van der Waals surface area contributed by atoms with E-state index in [4.69, 9.17) is 24.2 Å². The third kappa shape index (κ3) is 5.95. The first-order chi connectivity index (χ1) is 30.2. The lowest BCUT2D eigenvalue weighted by Gasteiger charge is -2.29. The van der Waals surface area contributed by atoms with Gasteiger partial charge in [0.2, 0.25) is 5.75 Å². The molecule has 10 rings (SSSR count). The molecule has 10 aromatic rings. The van der Waals surface area contributed by atoms with Gasteiger partial charge < -0.3 is 14.2 Å². The summed E-state index contributed by atoms with van der Waals surface area (Å²) in [5, 5.41) is 13.1. The lowest BCUT2D eigenvalue weighted by atomic mass is 9.75. The Morgan fingerprint density at radius 1 is 0.328 bits per heavy atom. The molecule has 0 atom stereocenters. The molecule has 0 aliphatic carbocycles. The summed E-state index contributed by atoms with van der Waals surface area (Å²) in [5.41, 5.74) is 11.3. The van der Waals surface area contributed by atoms with E-state index in [9.17, 15) is 0 Å². The van der Waals surface area contributed by atoms with Crippen LogP contribution in [0.1, 0.15) is 105 Å². The minimum atomic E-state index is -0.120. The Hall–Kier alpha value is -6.20. The highest BCUT2D eigenvalue weighted by molar-refractivity contribution is 6.51. The number of methoxy groups -OCH3 is 3. The zero-order chi connectivity index (χ0) is 45.6. The van der Waals surface area contributed by atoms with E-state index < -0.39 is 0 Å². The number of hydrogen-bond acceptors (Lipinski definition) is 5. The normalized spacial score (nSPS) is 13.2. The molecule has 0 bridgehead atoms. The lowest BCUT2D eigenvalue weighted by molar-refractivity contribution is 0.329. The molecule has 0 unspecified atom stereocenters. The van der Waals surface area contributed by atoms with Crippen molar-refractivity contribution in [3.05, 3.63) is 114 Å². The average molecular weight is 845 g/mol. The highest BCUT2D eigenvalue weighted by Gasteiger charge is 2.34. The second-order valence-electron chi connectivity index (χ2n) is 22.1. The molecule has 64 heavy (non-hydrogen) atoms. The molecule has 1 aromatic heterocycles. The average Bonchev–Trinajstić information content (AvgIpc) is 3.25. The van der Waals surface area contributed by atoms with Gasteiger partial charge in [0.15, 0.2) is 11.5 Å². The predicted molar refractivity (Wildman–Crippen MR) is 272 cm³/mol. The van der Waals surface area contributed by atoms with Crippen molar-refractivity contribution in [3.8, 4) is 39.5 Å². The molecule has 5 heteroatoms. The van der Waals surface area contributed by atoms with Crippen LogP contribution >= 0.6 is 0 Å². The number of ether oxygens (including phenoxy) is 3. The van der Waals surface area contributed by atoms with E-state index in [1.165, 1.54) is 49.7 Å². The summed E-state index contributed by atoms with van der Waals surface area (Å²) in [4.78, 5) is 10.5. The van der Waals surface area contributed by atoms with Crippen molar-refractivity contribution >= 4 is 75.7 Å². The summed E-state index contributed by atoms with van der Waals surface area (Å²) in [6.07, 6.45) is 1.73. The van der Waals surface area contributed by atoms with Crippen LogP contribution in [0.4, 0.5) is 0 Å². The minimum absolute atomic E-state index is 0.00954. The van der Waals surface area contributed by atoms with Crippen molar-refractivity contribution in [2.45, 2.75) is 105 Å². The topological polar surface area (TPSA) is 53.5 Å². The molecule has 324 valence electrons. The highest BCUT2D eigenvalue weighted by Crippen LogP contribution is 2.61. The molecule has 0 radical (unpaired) electrons. The Balaban J connectivity index is 1.62. The molecule has 5 nitrogen and oxygen atoms in total. The van der Waals surface area contributed by atoms with Gasteiger partial charge in [0, 0.05) is 32.3 Å². The molecule has 9 aromatic carbocycles. The van der Waals surface area contributed by atoms with Gasteiger partial charge >= 0.3 is 0 Å². The van der Waals surface area contributed by atoms with Crippen LogP contribution in [-0.4, -0.2) is 31.3 Å². The summed E-state index contributed by atoms with van der Waals surface area (Å²) in [6.45, 7) is 27.4. The Kier molecular flexibility index (Phi) is 9.08. The van der Waals surface area contributed by atoms with E-state index in [0.717, 1.165) is 70.5 Å². The lowest BCUT2D eigenvalue weighted by Crippen LogP contribution is -2.11. The molecule has 0 saturated heterocycles. The molecule has 0 saturated carbocycles. The molecule has 0 N–H and O–H groups in total. The van der Waals surface area contributed by atoms with Crippen LogP contribution in [0.2, 0.25) is 0 Å². The number of rotatable bonds is 5. The summed E-state index contributed by atoms with van der Waals surface area (Å²) < 4.78 is 19.3. The third-order valence-electron chi connectivity index (χ3n) is 14.0. The summed E-state index contributed by atoms with van der Waals surface area (Å²) >= 11 is 0. The number of hydrogen-bond donors (Lipinski definition) is 0. The summed E-state index contributed by atoms with van der Waals surface area (Å²) in [7, 11) is 5.16. The summed E-state index contributed by atoms with van der Waals surface area (Å²) in [6, 6.07) is 32.8. The molecule has 0 aliphatic rings. The maximum atomic E-state index is 6.50. The van der Waals surface area contributed by atoms with E-state index in [0.29, 0.717) is 17.2 Å². The molecule has 1 heterocycles. The second kappa shape index (κ2) is 13.9. The number of fused-ring (bicyclic) bond motifs is 7. The number of benzene rings is 9. The fourth-order valence-electron chi connectivity index (χ4n) is 10.5. The van der Waals surface area contributed by atoms with Crippen LogP contribution in [-0.2, 0) is 21.7 Å². The first-order valence-corrected chi connectivity index (χ1v) is 22.7. The molecule has 0 spiro atoms. The highest BCUT2D eigenvalue weighted by atomic mass is 16.5. The Morgan fingerprint density at radius 2 is 0.703 bits per heavy atom. The number of nitrogens with zero attached hydrogens (tertiary/aromatic N) is 2.